The number of urea groups is 1. The topological polar surface area (TPSA) is 82.2 Å². The Hall–Kier alpha value is -4.17. The van der Waals surface area contributed by atoms with Gasteiger partial charge in [-0.2, -0.15) is 0 Å². The predicted molar refractivity (Wildman–Crippen MR) is 174 cm³/mol. The van der Waals surface area contributed by atoms with Gasteiger partial charge in [0.2, 0.25) is 0 Å². The third-order valence-corrected chi connectivity index (χ3v) is 9.67. The van der Waals surface area contributed by atoms with E-state index in [0.717, 1.165) is 62.0 Å². The number of benzene rings is 3. The van der Waals surface area contributed by atoms with E-state index in [-0.39, 0.29) is 30.0 Å². The van der Waals surface area contributed by atoms with Crippen LogP contribution in [0.3, 0.4) is 0 Å². The monoisotopic (exact) mass is 608 g/mol. The highest BCUT2D eigenvalue weighted by atomic mass is 16.5. The van der Waals surface area contributed by atoms with Gasteiger partial charge in [-0.25, -0.2) is 9.59 Å². The molecule has 1 aliphatic carbocycles. The molecule has 1 atom stereocenters. The Balaban J connectivity index is 1.06. The van der Waals surface area contributed by atoms with Crippen LogP contribution in [0.5, 0.6) is 0 Å². The average Bonchev–Trinajstić information content (AvgIpc) is 3.41. The molecule has 3 fully saturated rings. The zero-order chi connectivity index (χ0) is 31.2. The first-order valence-corrected chi connectivity index (χ1v) is 16.4. The van der Waals surface area contributed by atoms with Crippen molar-refractivity contribution >= 4 is 17.9 Å². The Bertz CT molecular complexity index is 1450. The molecule has 8 nitrogen and oxygen atoms in total. The highest BCUT2D eigenvalue weighted by Gasteiger charge is 2.42. The van der Waals surface area contributed by atoms with Crippen LogP contribution in [0.4, 0.5) is 4.79 Å². The number of likely N-dealkylation sites (tertiary alicyclic amines) is 1. The molecule has 8 heteroatoms. The number of nitrogens with one attached hydrogen (secondary N) is 1. The zero-order valence-corrected chi connectivity index (χ0v) is 26.2. The molecule has 3 amide bonds. The lowest BCUT2D eigenvalue weighted by Gasteiger charge is -2.39. The summed E-state index contributed by atoms with van der Waals surface area (Å²) in [6.07, 6.45) is 7.67. The molecule has 3 aromatic rings. The quantitative estimate of drug-likeness (QED) is 0.294. The second-order valence-electron chi connectivity index (χ2n) is 12.7. The molecule has 2 aliphatic heterocycles. The normalized spacial score (nSPS) is 19.9. The first-order chi connectivity index (χ1) is 22.0. The molecule has 3 aromatic carbocycles. The summed E-state index contributed by atoms with van der Waals surface area (Å²) in [5, 5.41) is 3.21. The maximum absolute atomic E-state index is 13.9. The van der Waals surface area contributed by atoms with Crippen LogP contribution in [0.15, 0.2) is 78.9 Å². The van der Waals surface area contributed by atoms with Crippen molar-refractivity contribution in [2.45, 2.75) is 76.2 Å². The van der Waals surface area contributed by atoms with E-state index in [9.17, 15) is 14.4 Å². The fourth-order valence-electron chi connectivity index (χ4n) is 7.13. The summed E-state index contributed by atoms with van der Waals surface area (Å²) >= 11 is 0. The van der Waals surface area contributed by atoms with Crippen molar-refractivity contribution in [3.8, 4) is 0 Å². The molecule has 0 spiro atoms. The van der Waals surface area contributed by atoms with Crippen LogP contribution in [-0.2, 0) is 17.8 Å². The number of amides is 3. The lowest BCUT2D eigenvalue weighted by molar-refractivity contribution is 0.0600. The molecular weight excluding hydrogens is 564 g/mol. The highest BCUT2D eigenvalue weighted by Crippen LogP contribution is 2.35. The van der Waals surface area contributed by atoms with Crippen LogP contribution >= 0.6 is 0 Å². The van der Waals surface area contributed by atoms with Crippen LogP contribution < -0.4 is 5.32 Å². The van der Waals surface area contributed by atoms with Gasteiger partial charge in [-0.15, -0.1) is 0 Å². The number of esters is 1. The van der Waals surface area contributed by atoms with Gasteiger partial charge in [-0.05, 0) is 66.6 Å². The van der Waals surface area contributed by atoms with Crippen molar-refractivity contribution in [1.29, 1.82) is 0 Å². The second-order valence-corrected chi connectivity index (χ2v) is 12.7. The molecule has 0 bridgehead atoms. The summed E-state index contributed by atoms with van der Waals surface area (Å²) in [5.41, 5.74) is 4.57. The fourth-order valence-corrected chi connectivity index (χ4v) is 7.13. The molecule has 6 rings (SSSR count). The maximum atomic E-state index is 13.9. The van der Waals surface area contributed by atoms with Gasteiger partial charge in [-0.1, -0.05) is 73.9 Å². The number of hydrogen-bond acceptors (Lipinski definition) is 5. The second kappa shape index (κ2) is 14.3. The Kier molecular flexibility index (Phi) is 9.79. The van der Waals surface area contributed by atoms with Crippen molar-refractivity contribution < 1.29 is 19.1 Å². The van der Waals surface area contributed by atoms with E-state index in [4.69, 9.17) is 4.74 Å². The Labute approximate surface area is 266 Å². The lowest BCUT2D eigenvalue weighted by Crippen LogP contribution is -2.47. The van der Waals surface area contributed by atoms with Gasteiger partial charge >= 0.3 is 12.0 Å². The van der Waals surface area contributed by atoms with Gasteiger partial charge in [0, 0.05) is 50.4 Å². The molecular formula is C37H44N4O4. The zero-order valence-electron chi connectivity index (χ0n) is 26.2. The summed E-state index contributed by atoms with van der Waals surface area (Å²) in [5.74, 6) is -0.334. The SMILES string of the molecule is COC(=O)c1ccc(CN2CC(c3ccccc3)N(C3CCN(Cc4ccc(C(=O)NC5CCCCC5)cc4)CC3)C2=O)cc1. The lowest BCUT2D eigenvalue weighted by atomic mass is 9.95. The van der Waals surface area contributed by atoms with Gasteiger partial charge in [0.25, 0.3) is 5.91 Å². The standard InChI is InChI=1S/C37H44N4O4/c1-45-36(43)31-18-14-28(15-19-31)25-40-26-34(29-8-4-2-5-9-29)41(37(40)44)33-20-22-39(23-21-33)24-27-12-16-30(17-13-27)35(42)38-32-10-6-3-7-11-32/h2,4-5,8-9,12-19,32-34H,3,6-7,10-11,20-26H2,1H3,(H,38,42). The van der Waals surface area contributed by atoms with E-state index in [1.165, 1.54) is 31.9 Å². The van der Waals surface area contributed by atoms with Crippen LogP contribution in [0.25, 0.3) is 0 Å². The molecule has 3 aliphatic rings. The number of rotatable bonds is 9. The van der Waals surface area contributed by atoms with Crippen LogP contribution in [0.1, 0.15) is 88.4 Å². The molecule has 45 heavy (non-hydrogen) atoms. The van der Waals surface area contributed by atoms with Gasteiger partial charge < -0.3 is 19.9 Å². The number of piperidine rings is 1. The molecule has 2 heterocycles. The third-order valence-electron chi connectivity index (χ3n) is 9.67. The molecule has 0 radical (unpaired) electrons. The number of carbonyl (C=O) groups excluding carboxylic acids is 3. The third kappa shape index (κ3) is 7.39. The highest BCUT2D eigenvalue weighted by molar-refractivity contribution is 5.94. The van der Waals surface area contributed by atoms with Crippen molar-refractivity contribution in [2.24, 2.45) is 0 Å². The molecule has 2 saturated heterocycles. The number of ether oxygens (including phenoxy) is 1. The van der Waals surface area contributed by atoms with Crippen LogP contribution in [0, 0.1) is 0 Å². The summed E-state index contributed by atoms with van der Waals surface area (Å²) in [6.45, 7) is 3.78. The summed E-state index contributed by atoms with van der Waals surface area (Å²) in [6, 6.07) is 26.2. The minimum atomic E-state index is -0.366. The first kappa shape index (κ1) is 30.8. The van der Waals surface area contributed by atoms with E-state index in [0.29, 0.717) is 24.7 Å². The Morgan fingerprint density at radius 2 is 1.40 bits per heavy atom. The molecule has 1 N–H and O–H groups in total. The Morgan fingerprint density at radius 1 is 0.778 bits per heavy atom. The predicted octanol–water partition coefficient (Wildman–Crippen LogP) is 6.18. The van der Waals surface area contributed by atoms with Gasteiger partial charge in [0.1, 0.15) is 0 Å². The van der Waals surface area contributed by atoms with E-state index in [2.05, 4.69) is 39.4 Å². The minimum absolute atomic E-state index is 0.00288. The summed E-state index contributed by atoms with van der Waals surface area (Å²) in [4.78, 5) is 45.0. The number of carbonyl (C=O) groups is 3. The average molecular weight is 609 g/mol. The van der Waals surface area contributed by atoms with E-state index in [1.807, 2.05) is 47.4 Å². The summed E-state index contributed by atoms with van der Waals surface area (Å²) < 4.78 is 4.82. The van der Waals surface area contributed by atoms with Crippen LogP contribution in [-0.4, -0.2) is 71.4 Å². The van der Waals surface area contributed by atoms with Crippen LogP contribution in [0.2, 0.25) is 0 Å². The minimum Gasteiger partial charge on any atom is -0.465 e. The van der Waals surface area contributed by atoms with E-state index < -0.39 is 0 Å². The van der Waals surface area contributed by atoms with Crippen molar-refractivity contribution in [1.82, 2.24) is 20.0 Å². The number of hydrogen-bond donors (Lipinski definition) is 1. The smallest absolute Gasteiger partial charge is 0.337 e. The van der Waals surface area contributed by atoms with Crippen molar-refractivity contribution in [2.75, 3.05) is 26.7 Å². The molecule has 236 valence electrons. The van der Waals surface area contributed by atoms with E-state index in [1.54, 1.807) is 12.1 Å². The summed E-state index contributed by atoms with van der Waals surface area (Å²) in [7, 11) is 1.37. The molecule has 0 aromatic heterocycles. The first-order valence-electron chi connectivity index (χ1n) is 16.4. The van der Waals surface area contributed by atoms with Gasteiger partial charge in [0.05, 0.1) is 18.7 Å². The molecule has 1 unspecified atom stereocenters. The maximum Gasteiger partial charge on any atom is 0.337 e. The van der Waals surface area contributed by atoms with Gasteiger partial charge in [0.15, 0.2) is 0 Å². The van der Waals surface area contributed by atoms with Crippen molar-refractivity contribution in [3.05, 3.63) is 107 Å². The Morgan fingerprint density at radius 3 is 2.04 bits per heavy atom. The van der Waals surface area contributed by atoms with E-state index >= 15 is 0 Å². The van der Waals surface area contributed by atoms with Crippen molar-refractivity contribution in [3.63, 3.8) is 0 Å². The number of methoxy groups -OCH3 is 1. The molecule has 1 saturated carbocycles. The number of nitrogens with zero attached hydrogens (tertiary/aromatic N) is 3. The van der Waals surface area contributed by atoms with Gasteiger partial charge in [-0.3, -0.25) is 9.69 Å². The fraction of sp³-hybridized carbons (Fsp3) is 0.432. The largest absolute Gasteiger partial charge is 0.465 e.